The van der Waals surface area contributed by atoms with Crippen molar-refractivity contribution in [2.45, 2.75) is 39.5 Å². The molecule has 2 rings (SSSR count). The van der Waals surface area contributed by atoms with Crippen molar-refractivity contribution in [3.05, 3.63) is 65.5 Å². The third kappa shape index (κ3) is 7.35. The number of nitrogens with zero attached hydrogens (tertiary/aromatic N) is 2. The second-order valence-electron chi connectivity index (χ2n) is 6.10. The van der Waals surface area contributed by atoms with Crippen molar-refractivity contribution in [1.82, 2.24) is 15.6 Å². The molecule has 0 saturated carbocycles. The lowest BCUT2D eigenvalue weighted by Gasteiger charge is -2.13. The highest BCUT2D eigenvalue weighted by Gasteiger charge is 2.01. The fourth-order valence-electron chi connectivity index (χ4n) is 2.35. The van der Waals surface area contributed by atoms with Crippen LogP contribution >= 0.6 is 0 Å². The van der Waals surface area contributed by atoms with E-state index < -0.39 is 0 Å². The van der Waals surface area contributed by atoms with E-state index >= 15 is 0 Å². The Hall–Kier alpha value is -2.40. The fraction of sp³-hybridized carbons (Fsp3) is 0.400. The first-order valence-electron chi connectivity index (χ1n) is 8.71. The maximum atomic E-state index is 5.66. The molecule has 5 nitrogen and oxygen atoms in total. The van der Waals surface area contributed by atoms with Gasteiger partial charge >= 0.3 is 0 Å². The highest BCUT2D eigenvalue weighted by Crippen LogP contribution is 2.08. The molecule has 1 aromatic heterocycles. The summed E-state index contributed by atoms with van der Waals surface area (Å²) in [5.74, 6) is 0.791. The van der Waals surface area contributed by atoms with E-state index in [4.69, 9.17) is 4.74 Å². The van der Waals surface area contributed by atoms with E-state index in [1.165, 1.54) is 11.1 Å². The molecule has 0 spiro atoms. The van der Waals surface area contributed by atoms with Crippen LogP contribution < -0.4 is 10.6 Å². The molecule has 2 aromatic rings. The molecule has 0 unspecified atom stereocenters. The lowest BCUT2D eigenvalue weighted by molar-refractivity contribution is 0.0657. The Balaban J connectivity index is 1.77. The van der Waals surface area contributed by atoms with Crippen LogP contribution in [0.5, 0.6) is 0 Å². The van der Waals surface area contributed by atoms with Crippen molar-refractivity contribution in [1.29, 1.82) is 0 Å². The predicted octanol–water partition coefficient (Wildman–Crippen LogP) is 2.91. The summed E-state index contributed by atoms with van der Waals surface area (Å²) in [5, 5.41) is 6.66. The first-order valence-corrected chi connectivity index (χ1v) is 8.71. The predicted molar refractivity (Wildman–Crippen MR) is 103 cm³/mol. The molecule has 134 valence electrons. The zero-order valence-corrected chi connectivity index (χ0v) is 15.3. The van der Waals surface area contributed by atoms with Crippen molar-refractivity contribution < 1.29 is 4.74 Å². The Kier molecular flexibility index (Phi) is 7.92. The van der Waals surface area contributed by atoms with Gasteiger partial charge < -0.3 is 15.4 Å². The number of aliphatic imine (C=N–C) groups is 1. The van der Waals surface area contributed by atoms with E-state index in [-0.39, 0.29) is 6.10 Å². The fourth-order valence-corrected chi connectivity index (χ4v) is 2.35. The average molecular weight is 340 g/mol. The van der Waals surface area contributed by atoms with Gasteiger partial charge in [0, 0.05) is 38.4 Å². The summed E-state index contributed by atoms with van der Waals surface area (Å²) in [4.78, 5) is 8.59. The summed E-state index contributed by atoms with van der Waals surface area (Å²) in [5.41, 5.74) is 3.46. The Morgan fingerprint density at radius 1 is 1.12 bits per heavy atom. The maximum absolute atomic E-state index is 5.66. The number of ether oxygens (including phenoxy) is 1. The van der Waals surface area contributed by atoms with E-state index in [0.717, 1.165) is 31.2 Å². The molecule has 0 saturated heterocycles. The Bertz CT molecular complexity index is 656. The summed E-state index contributed by atoms with van der Waals surface area (Å²) >= 11 is 0. The van der Waals surface area contributed by atoms with Crippen molar-refractivity contribution in [2.24, 2.45) is 4.99 Å². The smallest absolute Gasteiger partial charge is 0.191 e. The van der Waals surface area contributed by atoms with Gasteiger partial charge in [-0.3, -0.25) is 9.98 Å². The van der Waals surface area contributed by atoms with Gasteiger partial charge in [0.15, 0.2) is 5.96 Å². The topological polar surface area (TPSA) is 58.5 Å². The van der Waals surface area contributed by atoms with Crippen LogP contribution in [0.15, 0.2) is 53.7 Å². The van der Waals surface area contributed by atoms with Crippen LogP contribution in [0.25, 0.3) is 0 Å². The summed E-state index contributed by atoms with van der Waals surface area (Å²) in [6.07, 6.45) is 2.92. The van der Waals surface area contributed by atoms with Gasteiger partial charge in [0.2, 0.25) is 0 Å². The minimum atomic E-state index is 0.240. The molecule has 0 aliphatic carbocycles. The minimum Gasteiger partial charge on any atom is -0.374 e. The van der Waals surface area contributed by atoms with Gasteiger partial charge in [-0.05, 0) is 37.1 Å². The van der Waals surface area contributed by atoms with Gasteiger partial charge in [-0.25, -0.2) is 0 Å². The number of pyridine rings is 1. The number of hydrogen-bond donors (Lipinski definition) is 2. The van der Waals surface area contributed by atoms with E-state index in [2.05, 4.69) is 44.9 Å². The van der Waals surface area contributed by atoms with Gasteiger partial charge in [0.05, 0.1) is 12.7 Å². The lowest BCUT2D eigenvalue weighted by Crippen LogP contribution is -2.37. The molecule has 0 atom stereocenters. The summed E-state index contributed by atoms with van der Waals surface area (Å²) in [7, 11) is 1.78. The van der Waals surface area contributed by atoms with Gasteiger partial charge in [0.25, 0.3) is 0 Å². The van der Waals surface area contributed by atoms with Crippen LogP contribution in [0.1, 0.15) is 30.7 Å². The monoisotopic (exact) mass is 340 g/mol. The van der Waals surface area contributed by atoms with Crippen molar-refractivity contribution in [2.75, 3.05) is 13.6 Å². The standard InChI is InChI=1S/C20H28N4O/c1-16(2)25-15-18-8-6-7-17(13-18)14-24-20(21-3)23-12-10-19-9-4-5-11-22-19/h4-9,11,13,16H,10,12,14-15H2,1-3H3,(H2,21,23,24). The molecule has 2 N–H and O–H groups in total. The van der Waals surface area contributed by atoms with Crippen molar-refractivity contribution >= 4 is 5.96 Å². The second kappa shape index (κ2) is 10.5. The van der Waals surface area contributed by atoms with Crippen molar-refractivity contribution in [3.63, 3.8) is 0 Å². The first kappa shape index (κ1) is 18.9. The number of hydrogen-bond acceptors (Lipinski definition) is 3. The molecule has 0 aliphatic heterocycles. The zero-order chi connectivity index (χ0) is 17.9. The SMILES string of the molecule is CN=C(NCCc1ccccn1)NCc1cccc(COC(C)C)c1. The molecular formula is C20H28N4O. The summed E-state index contributed by atoms with van der Waals surface area (Å²) in [6, 6.07) is 14.4. The molecule has 5 heteroatoms. The minimum absolute atomic E-state index is 0.240. The number of guanidine groups is 1. The third-order valence-electron chi connectivity index (χ3n) is 3.66. The normalized spacial score (nSPS) is 11.6. The molecule has 0 aliphatic rings. The first-order chi connectivity index (χ1) is 12.2. The Morgan fingerprint density at radius 2 is 1.96 bits per heavy atom. The largest absolute Gasteiger partial charge is 0.374 e. The molecule has 25 heavy (non-hydrogen) atoms. The van der Waals surface area contributed by atoms with E-state index in [9.17, 15) is 0 Å². The number of nitrogens with one attached hydrogen (secondary N) is 2. The van der Waals surface area contributed by atoms with Crippen LogP contribution in [0, 0.1) is 0 Å². The zero-order valence-electron chi connectivity index (χ0n) is 15.3. The molecule has 1 heterocycles. The molecule has 0 amide bonds. The van der Waals surface area contributed by atoms with Crippen LogP contribution in [0.2, 0.25) is 0 Å². The summed E-state index contributed by atoms with van der Waals surface area (Å²) < 4.78 is 5.66. The molecule has 0 radical (unpaired) electrons. The molecular weight excluding hydrogens is 312 g/mol. The average Bonchev–Trinajstić information content (AvgIpc) is 2.64. The van der Waals surface area contributed by atoms with Crippen LogP contribution in [0.4, 0.5) is 0 Å². The quantitative estimate of drug-likeness (QED) is 0.573. The number of aromatic nitrogens is 1. The Morgan fingerprint density at radius 3 is 2.68 bits per heavy atom. The van der Waals surface area contributed by atoms with Gasteiger partial charge in [0.1, 0.15) is 0 Å². The van der Waals surface area contributed by atoms with Crippen LogP contribution in [-0.4, -0.2) is 30.6 Å². The molecule has 0 fully saturated rings. The highest BCUT2D eigenvalue weighted by atomic mass is 16.5. The van der Waals surface area contributed by atoms with E-state index in [1.54, 1.807) is 7.05 Å². The molecule has 1 aromatic carbocycles. The van der Waals surface area contributed by atoms with E-state index in [0.29, 0.717) is 6.61 Å². The van der Waals surface area contributed by atoms with Crippen LogP contribution in [-0.2, 0) is 24.3 Å². The lowest BCUT2D eigenvalue weighted by atomic mass is 10.1. The molecule has 0 bridgehead atoms. The third-order valence-corrected chi connectivity index (χ3v) is 3.66. The Labute approximate surface area is 150 Å². The maximum Gasteiger partial charge on any atom is 0.191 e. The number of rotatable bonds is 8. The second-order valence-corrected chi connectivity index (χ2v) is 6.10. The van der Waals surface area contributed by atoms with Gasteiger partial charge in [-0.15, -0.1) is 0 Å². The summed E-state index contributed by atoms with van der Waals surface area (Å²) in [6.45, 7) is 6.25. The van der Waals surface area contributed by atoms with Crippen molar-refractivity contribution in [3.8, 4) is 0 Å². The number of benzene rings is 1. The van der Waals surface area contributed by atoms with E-state index in [1.807, 2.05) is 38.2 Å². The highest BCUT2D eigenvalue weighted by molar-refractivity contribution is 5.79. The van der Waals surface area contributed by atoms with Crippen LogP contribution in [0.3, 0.4) is 0 Å². The van der Waals surface area contributed by atoms with Gasteiger partial charge in [-0.2, -0.15) is 0 Å². The van der Waals surface area contributed by atoms with Gasteiger partial charge in [-0.1, -0.05) is 30.3 Å².